The fourth-order valence-electron chi connectivity index (χ4n) is 5.35. The highest BCUT2D eigenvalue weighted by Crippen LogP contribution is 2.38. The number of esters is 1. The van der Waals surface area contributed by atoms with E-state index in [2.05, 4.69) is 10.4 Å². The molecule has 0 unspecified atom stereocenters. The van der Waals surface area contributed by atoms with Crippen LogP contribution in [0.1, 0.15) is 85.0 Å². The summed E-state index contributed by atoms with van der Waals surface area (Å²) in [4.78, 5) is 36.6. The summed E-state index contributed by atoms with van der Waals surface area (Å²) in [7, 11) is 0. The lowest BCUT2D eigenvalue weighted by atomic mass is 9.75. The van der Waals surface area contributed by atoms with Gasteiger partial charge in [-0.1, -0.05) is 20.8 Å². The van der Waals surface area contributed by atoms with Gasteiger partial charge in [-0.2, -0.15) is 5.10 Å². The molecule has 0 atom stereocenters. The molecule has 0 bridgehead atoms. The SMILES string of the molecule is CCc1nn(-c2cc(F)c(C(N)=O)c(NC3CCC(OC(=O)CN)CC3)c2)c2c1C(=O)CC(C)(C)C2.Cl. The minimum Gasteiger partial charge on any atom is -0.461 e. The van der Waals surface area contributed by atoms with Gasteiger partial charge in [-0.25, -0.2) is 9.07 Å². The van der Waals surface area contributed by atoms with Gasteiger partial charge in [-0.3, -0.25) is 14.4 Å². The van der Waals surface area contributed by atoms with Crippen molar-refractivity contribution < 1.29 is 23.5 Å². The summed E-state index contributed by atoms with van der Waals surface area (Å²) in [6, 6.07) is 2.85. The van der Waals surface area contributed by atoms with Crippen molar-refractivity contribution in [1.82, 2.24) is 9.78 Å². The van der Waals surface area contributed by atoms with Crippen molar-refractivity contribution in [1.29, 1.82) is 0 Å². The standard InChI is InChI=1S/C26H34FN5O4.ClH/c1-4-18-24-20(11-26(2,3)12-21(24)33)32(31-18)15-9-17(27)23(25(29)35)19(10-15)30-14-5-7-16(8-6-14)36-22(34)13-28;/h9-10,14,16,30H,4-8,11-13,28H2,1-3H3,(H2,29,35);1H. The van der Waals surface area contributed by atoms with E-state index in [1.165, 1.54) is 6.07 Å². The maximum Gasteiger partial charge on any atom is 0.319 e. The number of benzene rings is 1. The fourth-order valence-corrected chi connectivity index (χ4v) is 5.35. The molecule has 0 saturated heterocycles. The predicted octanol–water partition coefficient (Wildman–Crippen LogP) is 3.47. The van der Waals surface area contributed by atoms with Crippen molar-refractivity contribution in [3.05, 3.63) is 40.5 Å². The normalized spacial score (nSPS) is 20.5. The number of carbonyl (C=O) groups is 3. The van der Waals surface area contributed by atoms with Crippen molar-refractivity contribution in [2.45, 2.75) is 77.9 Å². The fraction of sp³-hybridized carbons (Fsp3) is 0.538. The van der Waals surface area contributed by atoms with Gasteiger partial charge in [0.05, 0.1) is 40.4 Å². The maximum absolute atomic E-state index is 15.3. The maximum atomic E-state index is 15.3. The zero-order valence-electron chi connectivity index (χ0n) is 21.4. The van der Waals surface area contributed by atoms with Crippen molar-refractivity contribution in [2.75, 3.05) is 11.9 Å². The smallest absolute Gasteiger partial charge is 0.319 e. The third-order valence-electron chi connectivity index (χ3n) is 7.02. The first kappa shape index (κ1) is 28.6. The van der Waals surface area contributed by atoms with Crippen LogP contribution < -0.4 is 16.8 Å². The summed E-state index contributed by atoms with van der Waals surface area (Å²) < 4.78 is 22.2. The number of aromatic nitrogens is 2. The molecule has 4 rings (SSSR count). The van der Waals surface area contributed by atoms with Gasteiger partial charge in [0.1, 0.15) is 11.9 Å². The zero-order valence-corrected chi connectivity index (χ0v) is 22.3. The average molecular weight is 536 g/mol. The number of primary amides is 1. The number of ether oxygens (including phenoxy) is 1. The Hall–Kier alpha value is -2.98. The number of amides is 1. The molecule has 2 aliphatic carbocycles. The quantitative estimate of drug-likeness (QED) is 0.461. The Bertz CT molecular complexity index is 1200. The van der Waals surface area contributed by atoms with Crippen LogP contribution in [0.15, 0.2) is 12.1 Å². The number of anilines is 1. The van der Waals surface area contributed by atoms with Crippen LogP contribution in [0.2, 0.25) is 0 Å². The van der Waals surface area contributed by atoms with E-state index in [0.717, 1.165) is 5.69 Å². The highest BCUT2D eigenvalue weighted by molar-refractivity contribution is 6.00. The number of hydrogen-bond acceptors (Lipinski definition) is 7. The third kappa shape index (κ3) is 5.96. The molecule has 9 nitrogen and oxygen atoms in total. The summed E-state index contributed by atoms with van der Waals surface area (Å²) in [5.41, 5.74) is 13.2. The molecule has 1 saturated carbocycles. The van der Waals surface area contributed by atoms with Gasteiger partial charge in [-0.15, -0.1) is 12.4 Å². The van der Waals surface area contributed by atoms with Crippen molar-refractivity contribution in [3.63, 3.8) is 0 Å². The van der Waals surface area contributed by atoms with Crippen LogP contribution in [-0.4, -0.2) is 46.1 Å². The molecule has 1 aromatic carbocycles. The van der Waals surface area contributed by atoms with Gasteiger partial charge in [0.15, 0.2) is 5.78 Å². The van der Waals surface area contributed by atoms with Crippen molar-refractivity contribution in [2.24, 2.45) is 16.9 Å². The van der Waals surface area contributed by atoms with E-state index in [9.17, 15) is 14.4 Å². The molecule has 2 aromatic rings. The van der Waals surface area contributed by atoms with Crippen LogP contribution in [0.4, 0.5) is 10.1 Å². The molecule has 202 valence electrons. The first-order chi connectivity index (χ1) is 17.0. The summed E-state index contributed by atoms with van der Waals surface area (Å²) in [6.07, 6.45) is 3.99. The second-order valence-corrected chi connectivity index (χ2v) is 10.5. The number of aryl methyl sites for hydroxylation is 1. The molecule has 0 radical (unpaired) electrons. The molecule has 1 amide bonds. The third-order valence-corrected chi connectivity index (χ3v) is 7.02. The number of nitrogens with one attached hydrogen (secondary N) is 1. The van der Waals surface area contributed by atoms with Crippen molar-refractivity contribution >= 4 is 35.8 Å². The summed E-state index contributed by atoms with van der Waals surface area (Å²) >= 11 is 0. The molecule has 37 heavy (non-hydrogen) atoms. The van der Waals surface area contributed by atoms with E-state index in [-0.39, 0.29) is 53.5 Å². The number of rotatable bonds is 7. The lowest BCUT2D eigenvalue weighted by molar-refractivity contribution is -0.148. The highest BCUT2D eigenvalue weighted by atomic mass is 35.5. The number of nitrogens with zero attached hydrogens (tertiary/aromatic N) is 2. The summed E-state index contributed by atoms with van der Waals surface area (Å²) in [5, 5.41) is 7.95. The highest BCUT2D eigenvalue weighted by Gasteiger charge is 2.36. The molecular weight excluding hydrogens is 501 g/mol. The Morgan fingerprint density at radius 3 is 2.49 bits per heavy atom. The lowest BCUT2D eigenvalue weighted by Crippen LogP contribution is -2.33. The molecule has 0 aliphatic heterocycles. The Morgan fingerprint density at radius 1 is 1.22 bits per heavy atom. The predicted molar refractivity (Wildman–Crippen MR) is 140 cm³/mol. The number of fused-ring (bicyclic) bond motifs is 1. The van der Waals surface area contributed by atoms with Crippen LogP contribution in [0.3, 0.4) is 0 Å². The lowest BCUT2D eigenvalue weighted by Gasteiger charge is -2.30. The first-order valence-corrected chi connectivity index (χ1v) is 12.5. The van der Waals surface area contributed by atoms with Crippen LogP contribution in [0.25, 0.3) is 5.69 Å². The van der Waals surface area contributed by atoms with Gasteiger partial charge < -0.3 is 21.5 Å². The van der Waals surface area contributed by atoms with Gasteiger partial charge in [0, 0.05) is 18.5 Å². The van der Waals surface area contributed by atoms with Gasteiger partial charge in [0.25, 0.3) is 5.91 Å². The second kappa shape index (κ2) is 11.2. The molecule has 5 N–H and O–H groups in total. The van der Waals surface area contributed by atoms with Crippen LogP contribution in [0.5, 0.6) is 0 Å². The van der Waals surface area contributed by atoms with Gasteiger partial charge in [-0.05, 0) is 50.0 Å². The topological polar surface area (TPSA) is 142 Å². The monoisotopic (exact) mass is 535 g/mol. The molecule has 11 heteroatoms. The molecule has 1 fully saturated rings. The second-order valence-electron chi connectivity index (χ2n) is 10.5. The Kier molecular flexibility index (Phi) is 8.64. The Morgan fingerprint density at radius 2 is 1.89 bits per heavy atom. The minimum absolute atomic E-state index is 0. The number of nitrogens with two attached hydrogens (primary N) is 2. The van der Waals surface area contributed by atoms with E-state index in [4.69, 9.17) is 16.2 Å². The molecule has 2 aliphatic rings. The molecule has 0 spiro atoms. The number of Topliss-reactive ketones (excluding diaryl/α,β-unsaturated/α-hetero) is 1. The van der Waals surface area contributed by atoms with E-state index in [0.29, 0.717) is 61.9 Å². The number of halogens is 2. The van der Waals surface area contributed by atoms with Crippen LogP contribution in [0, 0.1) is 11.2 Å². The van der Waals surface area contributed by atoms with E-state index >= 15 is 4.39 Å². The number of carbonyl (C=O) groups excluding carboxylic acids is 3. The largest absolute Gasteiger partial charge is 0.461 e. The summed E-state index contributed by atoms with van der Waals surface area (Å²) in [5.74, 6) is -2.02. The first-order valence-electron chi connectivity index (χ1n) is 12.5. The van der Waals surface area contributed by atoms with Crippen molar-refractivity contribution in [3.8, 4) is 5.69 Å². The molecular formula is C26H35ClFN5O4. The summed E-state index contributed by atoms with van der Waals surface area (Å²) in [6.45, 7) is 5.83. The Balaban J connectivity index is 0.00000380. The van der Waals surface area contributed by atoms with Gasteiger partial charge in [0.2, 0.25) is 0 Å². The average Bonchev–Trinajstić information content (AvgIpc) is 3.17. The van der Waals surface area contributed by atoms with Crippen LogP contribution in [-0.2, 0) is 22.4 Å². The Labute approximate surface area is 221 Å². The number of ketones is 1. The molecule has 1 heterocycles. The number of hydrogen-bond donors (Lipinski definition) is 3. The van der Waals surface area contributed by atoms with E-state index < -0.39 is 17.7 Å². The van der Waals surface area contributed by atoms with Gasteiger partial charge >= 0.3 is 5.97 Å². The van der Waals surface area contributed by atoms with Crippen LogP contribution >= 0.6 is 12.4 Å². The van der Waals surface area contributed by atoms with E-state index in [1.807, 2.05) is 20.8 Å². The minimum atomic E-state index is -0.875. The molecule has 1 aromatic heterocycles. The van der Waals surface area contributed by atoms with E-state index in [1.54, 1.807) is 10.7 Å². The zero-order chi connectivity index (χ0) is 26.2.